The average molecular weight is 418 g/mol. The van der Waals surface area contributed by atoms with Crippen LogP contribution < -0.4 is 15.0 Å². The molecule has 2 aromatic rings. The second-order valence-electron chi connectivity index (χ2n) is 7.14. The van der Waals surface area contributed by atoms with E-state index in [1.54, 1.807) is 25.3 Å². The van der Waals surface area contributed by atoms with Gasteiger partial charge in [0.15, 0.2) is 6.04 Å². The number of methoxy groups -OCH3 is 2. The lowest BCUT2D eigenvalue weighted by Gasteiger charge is -2.33. The van der Waals surface area contributed by atoms with Crippen molar-refractivity contribution < 1.29 is 24.0 Å². The van der Waals surface area contributed by atoms with Crippen LogP contribution in [0.1, 0.15) is 24.4 Å². The summed E-state index contributed by atoms with van der Waals surface area (Å²) in [5, 5.41) is 3.42. The van der Waals surface area contributed by atoms with Crippen molar-refractivity contribution in [2.45, 2.75) is 18.9 Å². The molecular formula is C22H26ClN2O4+. The summed E-state index contributed by atoms with van der Waals surface area (Å²) in [6.07, 6.45) is 1.40. The number of esters is 1. The van der Waals surface area contributed by atoms with Crippen LogP contribution in [0.5, 0.6) is 5.75 Å². The summed E-state index contributed by atoms with van der Waals surface area (Å²) in [5.74, 6) is 0.185. The SMILES string of the molecule is COC(=O)C1CC[NH+]([C@@H](C(=O)Nc2ccc(OC)c(Cl)c2)c2ccccc2)CC1. The van der Waals surface area contributed by atoms with E-state index in [1.165, 1.54) is 7.11 Å². The standard InChI is InChI=1S/C22H25ClN2O4/c1-28-19-9-8-17(14-18(19)23)24-21(26)20(15-6-4-3-5-7-15)25-12-10-16(11-13-25)22(27)29-2/h3-9,14,16,20H,10-13H2,1-2H3,(H,24,26)/p+1/t20-/m1/s1. The number of carbonyl (C=O) groups is 2. The maximum atomic E-state index is 13.3. The number of amides is 1. The Hall–Kier alpha value is -2.57. The first-order chi connectivity index (χ1) is 14.0. The van der Waals surface area contributed by atoms with E-state index in [9.17, 15) is 9.59 Å². The monoisotopic (exact) mass is 417 g/mol. The topological polar surface area (TPSA) is 69.1 Å². The third-order valence-corrected chi connectivity index (χ3v) is 5.68. The number of quaternary nitrogens is 1. The third-order valence-electron chi connectivity index (χ3n) is 5.39. The molecule has 1 saturated heterocycles. The van der Waals surface area contributed by atoms with Gasteiger partial charge in [0.2, 0.25) is 0 Å². The summed E-state index contributed by atoms with van der Waals surface area (Å²) in [5.41, 5.74) is 1.56. The van der Waals surface area contributed by atoms with Gasteiger partial charge in [-0.1, -0.05) is 41.9 Å². The number of likely N-dealkylation sites (tertiary alicyclic amines) is 1. The van der Waals surface area contributed by atoms with Gasteiger partial charge in [-0.3, -0.25) is 9.59 Å². The molecule has 2 N–H and O–H groups in total. The van der Waals surface area contributed by atoms with Gasteiger partial charge in [-0.05, 0) is 18.2 Å². The van der Waals surface area contributed by atoms with E-state index in [-0.39, 0.29) is 23.8 Å². The molecule has 0 aromatic heterocycles. The molecule has 1 atom stereocenters. The van der Waals surface area contributed by atoms with Gasteiger partial charge in [0, 0.05) is 24.1 Å². The maximum Gasteiger partial charge on any atom is 0.309 e. The first kappa shape index (κ1) is 21.1. The highest BCUT2D eigenvalue weighted by molar-refractivity contribution is 6.32. The fourth-order valence-electron chi connectivity index (χ4n) is 3.86. The summed E-state index contributed by atoms with van der Waals surface area (Å²) < 4.78 is 10.0. The molecule has 0 aliphatic carbocycles. The second-order valence-corrected chi connectivity index (χ2v) is 7.55. The Labute approximate surface area is 175 Å². The Morgan fingerprint density at radius 3 is 2.38 bits per heavy atom. The number of piperidine rings is 1. The molecule has 29 heavy (non-hydrogen) atoms. The van der Waals surface area contributed by atoms with Crippen LogP contribution in [0.2, 0.25) is 5.02 Å². The van der Waals surface area contributed by atoms with Crippen LogP contribution >= 0.6 is 11.6 Å². The van der Waals surface area contributed by atoms with Gasteiger partial charge in [-0.15, -0.1) is 0 Å². The summed E-state index contributed by atoms with van der Waals surface area (Å²) >= 11 is 6.19. The molecule has 7 heteroatoms. The number of rotatable bonds is 6. The number of nitrogens with one attached hydrogen (secondary N) is 2. The minimum absolute atomic E-state index is 0.0939. The van der Waals surface area contributed by atoms with Crippen molar-refractivity contribution in [1.29, 1.82) is 0 Å². The van der Waals surface area contributed by atoms with E-state index in [0.29, 0.717) is 29.3 Å². The number of benzene rings is 2. The zero-order valence-corrected chi connectivity index (χ0v) is 17.4. The molecule has 1 heterocycles. The summed E-state index contributed by atoms with van der Waals surface area (Å²) in [7, 11) is 2.97. The van der Waals surface area contributed by atoms with Gasteiger partial charge in [-0.2, -0.15) is 0 Å². The number of halogens is 1. The molecule has 1 fully saturated rings. The van der Waals surface area contributed by atoms with E-state index >= 15 is 0 Å². The fraction of sp³-hybridized carbons (Fsp3) is 0.364. The highest BCUT2D eigenvalue weighted by Crippen LogP contribution is 2.27. The van der Waals surface area contributed by atoms with Crippen molar-refractivity contribution in [2.75, 3.05) is 32.6 Å². The van der Waals surface area contributed by atoms with Crippen molar-refractivity contribution in [1.82, 2.24) is 0 Å². The summed E-state index contributed by atoms with van der Waals surface area (Å²) in [6.45, 7) is 1.44. The van der Waals surface area contributed by atoms with E-state index in [2.05, 4.69) is 5.32 Å². The number of carbonyl (C=O) groups excluding carboxylic acids is 2. The van der Waals surface area contributed by atoms with Crippen LogP contribution in [0.25, 0.3) is 0 Å². The van der Waals surface area contributed by atoms with Crippen LogP contribution in [-0.2, 0) is 14.3 Å². The summed E-state index contributed by atoms with van der Waals surface area (Å²) in [4.78, 5) is 26.2. The Balaban J connectivity index is 1.78. The Bertz CT molecular complexity index is 851. The minimum Gasteiger partial charge on any atom is -0.495 e. The lowest BCUT2D eigenvalue weighted by Crippen LogP contribution is -3.14. The van der Waals surface area contributed by atoms with Crippen molar-refractivity contribution in [2.24, 2.45) is 5.92 Å². The Morgan fingerprint density at radius 1 is 1.10 bits per heavy atom. The summed E-state index contributed by atoms with van der Waals surface area (Å²) in [6, 6.07) is 14.5. The van der Waals surface area contributed by atoms with E-state index in [4.69, 9.17) is 21.1 Å². The van der Waals surface area contributed by atoms with Gasteiger partial charge >= 0.3 is 5.97 Å². The first-order valence-corrected chi connectivity index (χ1v) is 10.0. The molecule has 1 aliphatic rings. The lowest BCUT2D eigenvalue weighted by atomic mass is 9.94. The molecule has 3 rings (SSSR count). The van der Waals surface area contributed by atoms with Crippen molar-refractivity contribution in [3.8, 4) is 5.75 Å². The quantitative estimate of drug-likeness (QED) is 0.708. The molecule has 154 valence electrons. The van der Waals surface area contributed by atoms with Gasteiger partial charge in [0.1, 0.15) is 5.75 Å². The third kappa shape index (κ3) is 5.08. The molecular weight excluding hydrogens is 392 g/mol. The number of hydrogen-bond donors (Lipinski definition) is 2. The number of hydrogen-bond acceptors (Lipinski definition) is 4. The molecule has 1 amide bonds. The van der Waals surface area contributed by atoms with Crippen molar-refractivity contribution in [3.63, 3.8) is 0 Å². The van der Waals surface area contributed by atoms with Gasteiger partial charge < -0.3 is 19.7 Å². The maximum absolute atomic E-state index is 13.3. The second kappa shape index (κ2) is 9.76. The molecule has 0 unspecified atom stereocenters. The molecule has 1 aliphatic heterocycles. The van der Waals surface area contributed by atoms with Gasteiger partial charge in [0.05, 0.1) is 38.2 Å². The molecule has 0 radical (unpaired) electrons. The smallest absolute Gasteiger partial charge is 0.309 e. The van der Waals surface area contributed by atoms with Crippen LogP contribution in [0.15, 0.2) is 48.5 Å². The van der Waals surface area contributed by atoms with Crippen molar-refractivity contribution >= 4 is 29.2 Å². The lowest BCUT2D eigenvalue weighted by molar-refractivity contribution is -0.927. The van der Waals surface area contributed by atoms with Crippen LogP contribution in [-0.4, -0.2) is 39.2 Å². The van der Waals surface area contributed by atoms with Crippen LogP contribution in [0.4, 0.5) is 5.69 Å². The molecule has 2 aromatic carbocycles. The zero-order chi connectivity index (χ0) is 20.8. The zero-order valence-electron chi connectivity index (χ0n) is 16.6. The van der Waals surface area contributed by atoms with Gasteiger partial charge in [0.25, 0.3) is 5.91 Å². The normalized spacial score (nSPS) is 19.8. The largest absolute Gasteiger partial charge is 0.495 e. The highest BCUT2D eigenvalue weighted by atomic mass is 35.5. The Morgan fingerprint density at radius 2 is 1.79 bits per heavy atom. The number of ether oxygens (including phenoxy) is 2. The highest BCUT2D eigenvalue weighted by Gasteiger charge is 2.36. The predicted octanol–water partition coefficient (Wildman–Crippen LogP) is 2.50. The average Bonchev–Trinajstić information content (AvgIpc) is 2.75. The molecule has 6 nitrogen and oxygen atoms in total. The first-order valence-electron chi connectivity index (χ1n) is 9.65. The molecule has 0 bridgehead atoms. The minimum atomic E-state index is -0.379. The fourth-order valence-corrected chi connectivity index (χ4v) is 4.11. The van der Waals surface area contributed by atoms with Gasteiger partial charge in [-0.25, -0.2) is 0 Å². The van der Waals surface area contributed by atoms with E-state index < -0.39 is 0 Å². The molecule has 0 spiro atoms. The number of anilines is 1. The van der Waals surface area contributed by atoms with Crippen LogP contribution in [0, 0.1) is 5.92 Å². The van der Waals surface area contributed by atoms with Crippen LogP contribution in [0.3, 0.4) is 0 Å². The predicted molar refractivity (Wildman–Crippen MR) is 111 cm³/mol. The van der Waals surface area contributed by atoms with E-state index in [1.807, 2.05) is 30.3 Å². The molecule has 0 saturated carbocycles. The Kier molecular flexibility index (Phi) is 7.12. The van der Waals surface area contributed by atoms with E-state index in [0.717, 1.165) is 23.6 Å². The van der Waals surface area contributed by atoms with Crippen molar-refractivity contribution in [3.05, 3.63) is 59.1 Å².